The number of pyridine rings is 1. The number of benzene rings is 10. The predicted octanol–water partition coefficient (Wildman–Crippen LogP) is 18.7. The Hall–Kier alpha value is -8.76. The average Bonchev–Trinajstić information content (AvgIpc) is 4.00. The summed E-state index contributed by atoms with van der Waals surface area (Å²) in [5.41, 5.74) is 17.4. The van der Waals surface area contributed by atoms with Gasteiger partial charge in [0.15, 0.2) is 0 Å². The molecule has 0 N–H and O–H groups in total. The molecule has 0 amide bonds. The largest absolute Gasteiger partial charge is 0.509 e. The number of ether oxygens (including phenoxy) is 1. The zero-order valence-corrected chi connectivity index (χ0v) is 44.2. The van der Waals surface area contributed by atoms with Crippen LogP contribution in [0.25, 0.3) is 104 Å². The summed E-state index contributed by atoms with van der Waals surface area (Å²) in [4.78, 5) is 9.89. The molecule has 0 fully saturated rings. The van der Waals surface area contributed by atoms with E-state index in [1.807, 2.05) is 24.4 Å². The number of rotatable bonds is 5. The van der Waals surface area contributed by atoms with E-state index in [-0.39, 0.29) is 26.5 Å². The van der Waals surface area contributed by atoms with Crippen LogP contribution in [0.1, 0.15) is 26.3 Å². The van der Waals surface area contributed by atoms with E-state index < -0.39 is 0 Å². The van der Waals surface area contributed by atoms with Crippen molar-refractivity contribution in [2.24, 2.45) is 0 Å². The van der Waals surface area contributed by atoms with Crippen LogP contribution in [0.5, 0.6) is 11.5 Å². The van der Waals surface area contributed by atoms with Crippen molar-refractivity contribution in [3.63, 3.8) is 0 Å². The van der Waals surface area contributed by atoms with E-state index in [0.29, 0.717) is 11.5 Å². The molecule has 3 aromatic heterocycles. The Kier molecular flexibility index (Phi) is 10.7. The molecule has 2 aliphatic rings. The first-order valence-electron chi connectivity index (χ1n) is 25.7. The molecule has 5 nitrogen and oxygen atoms in total. The maximum atomic E-state index is 7.00. The van der Waals surface area contributed by atoms with Gasteiger partial charge in [-0.2, -0.15) is 12.1 Å². The fourth-order valence-corrected chi connectivity index (χ4v) is 12.0. The average molecular weight is 1160 g/mol. The van der Waals surface area contributed by atoms with Crippen molar-refractivity contribution in [1.82, 2.24) is 9.38 Å². The monoisotopic (exact) mass is 1150 g/mol. The maximum absolute atomic E-state index is 7.00. The summed E-state index contributed by atoms with van der Waals surface area (Å²) in [5.74, 6) is 1.17. The Morgan fingerprint density at radius 3 is 1.68 bits per heavy atom. The molecule has 0 spiro atoms. The predicted molar refractivity (Wildman–Crippen MR) is 311 cm³/mol. The van der Waals surface area contributed by atoms with Gasteiger partial charge in [-0.3, -0.25) is 0 Å². The van der Waals surface area contributed by atoms with Crippen molar-refractivity contribution in [1.29, 1.82) is 0 Å². The molecule has 366 valence electrons. The minimum Gasteiger partial charge on any atom is -0.509 e. The molecule has 2 aliphatic heterocycles. The number of hydrogen-bond donors (Lipinski definition) is 0. The van der Waals surface area contributed by atoms with Crippen LogP contribution in [0.15, 0.2) is 225 Å². The van der Waals surface area contributed by atoms with Crippen LogP contribution in [0.2, 0.25) is 0 Å². The Morgan fingerprint density at radius 2 is 0.961 bits per heavy atom. The molecule has 6 heteroatoms. The Balaban J connectivity index is 0.00000528. The topological polar surface area (TPSA) is 33.0 Å². The second-order valence-electron chi connectivity index (χ2n) is 20.7. The molecular formula is C70H47N4OPt-3. The molecule has 0 unspecified atom stereocenters. The first-order valence-corrected chi connectivity index (χ1v) is 25.7. The molecular weight excluding hydrogens is 1110 g/mol. The molecule has 0 saturated heterocycles. The standard InChI is InChI=1S/C70H47N4O.Pt/c1-70(2,3)46-34-32-45(33-35-46)50-26-13-25-49(44-17-5-4-6-18-44)66(50)72-43-73-64-41-47(36-38-57(64)53-21-9-11-23-55(53)60-29-15-31-63(72)68(60)73)75-48-37-39-58-61-28-14-27-59-54-22-10-7-19-51(54)52-20-8-12-24-56(52)62-30-16-40-71-69(62)74(67(59)61)65(58)42-48;/h4-40,43H,1-3H3;/q-3;. The van der Waals surface area contributed by atoms with Gasteiger partial charge in [-0.15, -0.1) is 41.9 Å². The molecule has 13 aromatic rings. The van der Waals surface area contributed by atoms with Gasteiger partial charge in [0.05, 0.1) is 0 Å². The molecule has 0 radical (unpaired) electrons. The summed E-state index contributed by atoms with van der Waals surface area (Å²) in [6.45, 7) is 9.06. The van der Waals surface area contributed by atoms with Gasteiger partial charge in [-0.05, 0) is 72.8 Å². The van der Waals surface area contributed by atoms with E-state index in [1.54, 1.807) is 0 Å². The number of hydrogen-bond acceptors (Lipinski definition) is 4. The fourth-order valence-electron chi connectivity index (χ4n) is 12.0. The Morgan fingerprint density at radius 1 is 0.421 bits per heavy atom. The van der Waals surface area contributed by atoms with Gasteiger partial charge in [0.25, 0.3) is 0 Å². The SMILES string of the molecule is CC(C)(C)c1ccc(-c2cccc(-c3ccccc3)c2N2[CH-]N3c4[c-]c(Oc5[c-]c6c(cc5)c5cccc7c8ccccc8c8ccccc8c8cccnc8n6c75)ccc4-c4ccccc4-c4cccc2c43)cc1.[Pt]. The summed E-state index contributed by atoms with van der Waals surface area (Å²) in [5, 5.41) is 9.02. The smallest absolute Gasteiger partial charge is 0.143 e. The van der Waals surface area contributed by atoms with Crippen molar-refractivity contribution in [3.8, 4) is 56.0 Å². The van der Waals surface area contributed by atoms with Gasteiger partial charge in [0.2, 0.25) is 0 Å². The maximum Gasteiger partial charge on any atom is 0.143 e. The third-order valence-electron chi connectivity index (χ3n) is 15.4. The zero-order valence-electron chi connectivity index (χ0n) is 42.0. The van der Waals surface area contributed by atoms with Gasteiger partial charge in [0, 0.05) is 88.8 Å². The summed E-state index contributed by atoms with van der Waals surface area (Å²) in [7, 11) is 0. The third kappa shape index (κ3) is 7.06. The summed E-state index contributed by atoms with van der Waals surface area (Å²) >= 11 is 0. The van der Waals surface area contributed by atoms with Gasteiger partial charge >= 0.3 is 0 Å². The van der Waals surface area contributed by atoms with Crippen LogP contribution in [0.4, 0.5) is 22.7 Å². The summed E-state index contributed by atoms with van der Waals surface area (Å²) in [6, 6.07) is 86.3. The number of fused-ring (bicyclic) bond motifs is 15. The van der Waals surface area contributed by atoms with Crippen LogP contribution in [-0.4, -0.2) is 9.38 Å². The summed E-state index contributed by atoms with van der Waals surface area (Å²) in [6.07, 6.45) is 1.89. The van der Waals surface area contributed by atoms with E-state index in [4.69, 9.17) is 9.72 Å². The normalized spacial score (nSPS) is 12.7. The van der Waals surface area contributed by atoms with Crippen molar-refractivity contribution >= 4 is 82.5 Å². The van der Waals surface area contributed by atoms with Crippen LogP contribution in [0.3, 0.4) is 0 Å². The van der Waals surface area contributed by atoms with Crippen molar-refractivity contribution in [2.75, 3.05) is 9.80 Å². The van der Waals surface area contributed by atoms with Crippen molar-refractivity contribution in [3.05, 3.63) is 249 Å². The molecule has 76 heavy (non-hydrogen) atoms. The van der Waals surface area contributed by atoms with Gasteiger partial charge in [-0.25, -0.2) is 4.98 Å². The fraction of sp³-hybridized carbons (Fsp3) is 0.0571. The minimum atomic E-state index is 0. The van der Waals surface area contributed by atoms with Gasteiger partial charge in [0.1, 0.15) is 5.65 Å². The van der Waals surface area contributed by atoms with Crippen molar-refractivity contribution < 1.29 is 25.8 Å². The molecule has 10 aromatic carbocycles. The second kappa shape index (κ2) is 17.7. The Bertz CT molecular complexity index is 4540. The van der Waals surface area contributed by atoms with E-state index in [1.165, 1.54) is 27.3 Å². The molecule has 0 bridgehead atoms. The first kappa shape index (κ1) is 45.8. The first-order chi connectivity index (χ1) is 36.9. The molecule has 0 aliphatic carbocycles. The molecule has 0 atom stereocenters. The zero-order chi connectivity index (χ0) is 49.9. The van der Waals surface area contributed by atoms with Crippen LogP contribution < -0.4 is 14.5 Å². The molecule has 15 rings (SSSR count). The number of aromatic nitrogens is 2. The Labute approximate surface area is 455 Å². The summed E-state index contributed by atoms with van der Waals surface area (Å²) < 4.78 is 9.30. The number of para-hydroxylation sites is 3. The van der Waals surface area contributed by atoms with E-state index in [0.717, 1.165) is 105 Å². The van der Waals surface area contributed by atoms with Crippen LogP contribution in [-0.2, 0) is 26.5 Å². The van der Waals surface area contributed by atoms with E-state index in [2.05, 4.69) is 254 Å². The quantitative estimate of drug-likeness (QED) is 0.161. The third-order valence-corrected chi connectivity index (χ3v) is 15.4. The van der Waals surface area contributed by atoms with Gasteiger partial charge < -0.3 is 18.9 Å². The second-order valence-corrected chi connectivity index (χ2v) is 20.7. The molecule has 0 saturated carbocycles. The van der Waals surface area contributed by atoms with E-state index >= 15 is 0 Å². The minimum absolute atomic E-state index is 0. The van der Waals surface area contributed by atoms with Crippen molar-refractivity contribution in [2.45, 2.75) is 26.2 Å². The number of anilines is 4. The van der Waals surface area contributed by atoms with E-state index in [9.17, 15) is 0 Å². The molecule has 5 heterocycles. The number of nitrogens with zero attached hydrogens (tertiary/aromatic N) is 4. The van der Waals surface area contributed by atoms with Crippen LogP contribution in [0, 0.1) is 18.8 Å². The van der Waals surface area contributed by atoms with Gasteiger partial charge in [-0.1, -0.05) is 213 Å². The van der Waals surface area contributed by atoms with Crippen LogP contribution >= 0.6 is 0 Å².